The summed E-state index contributed by atoms with van der Waals surface area (Å²) in [7, 11) is 0. The highest BCUT2D eigenvalue weighted by Crippen LogP contribution is 2.19. The van der Waals surface area contributed by atoms with Crippen molar-refractivity contribution in [1.82, 2.24) is 0 Å². The number of carbonyl (C=O) groups is 1. The first-order valence-corrected chi connectivity index (χ1v) is 7.64. The average Bonchev–Trinajstić information content (AvgIpc) is 2.59. The molecular formula is C20H19NO2. The highest BCUT2D eigenvalue weighted by molar-refractivity contribution is 5.92. The molecule has 0 saturated carbocycles. The molecule has 0 aliphatic rings. The third-order valence-corrected chi connectivity index (χ3v) is 3.80. The second-order valence-corrected chi connectivity index (χ2v) is 5.37. The molecule has 0 amide bonds. The van der Waals surface area contributed by atoms with Crippen LogP contribution in [0.4, 0.5) is 0 Å². The van der Waals surface area contributed by atoms with E-state index in [1.807, 2.05) is 66.7 Å². The summed E-state index contributed by atoms with van der Waals surface area (Å²) in [6.45, 7) is 0. The fourth-order valence-corrected chi connectivity index (χ4v) is 2.53. The van der Waals surface area contributed by atoms with Gasteiger partial charge < -0.3 is 5.11 Å². The predicted octanol–water partition coefficient (Wildman–Crippen LogP) is 4.16. The molecule has 0 heterocycles. The zero-order valence-electron chi connectivity index (χ0n) is 12.9. The number of rotatable bonds is 7. The second-order valence-electron chi connectivity index (χ2n) is 5.37. The fourth-order valence-electron chi connectivity index (χ4n) is 2.53. The summed E-state index contributed by atoms with van der Waals surface area (Å²) in [5.74, 6) is -1.14. The van der Waals surface area contributed by atoms with Crippen molar-refractivity contribution in [3.05, 3.63) is 82.9 Å². The summed E-state index contributed by atoms with van der Waals surface area (Å²) in [5.41, 5.74) is 2.89. The van der Waals surface area contributed by atoms with Gasteiger partial charge >= 0.3 is 5.97 Å². The number of hydrogen-bond acceptors (Lipinski definition) is 2. The second kappa shape index (κ2) is 8.55. The molecule has 0 saturated heterocycles. The van der Waals surface area contributed by atoms with Crippen LogP contribution in [-0.4, -0.2) is 11.1 Å². The van der Waals surface area contributed by atoms with E-state index in [0.29, 0.717) is 18.4 Å². The maximum atomic E-state index is 11.3. The van der Waals surface area contributed by atoms with Crippen LogP contribution >= 0.6 is 0 Å². The molecule has 2 aromatic carbocycles. The van der Waals surface area contributed by atoms with Gasteiger partial charge in [-0.05, 0) is 42.4 Å². The highest BCUT2D eigenvalue weighted by atomic mass is 16.4. The number of carboxylic acid groups (broad SMARTS) is 1. The average molecular weight is 305 g/mol. The van der Waals surface area contributed by atoms with E-state index in [1.165, 1.54) is 0 Å². The van der Waals surface area contributed by atoms with E-state index in [1.54, 1.807) is 0 Å². The molecule has 2 aromatic rings. The van der Waals surface area contributed by atoms with Crippen LogP contribution in [0, 0.1) is 11.3 Å². The normalized spacial score (nSPS) is 9.87. The van der Waals surface area contributed by atoms with Gasteiger partial charge in [-0.2, -0.15) is 5.26 Å². The summed E-state index contributed by atoms with van der Waals surface area (Å²) >= 11 is 0. The number of aliphatic carboxylic acids is 1. The van der Waals surface area contributed by atoms with Gasteiger partial charge in [-0.15, -0.1) is 0 Å². The van der Waals surface area contributed by atoms with Crippen molar-refractivity contribution in [2.45, 2.75) is 25.7 Å². The van der Waals surface area contributed by atoms with Crippen molar-refractivity contribution >= 4 is 5.97 Å². The van der Waals surface area contributed by atoms with Crippen LogP contribution in [0.15, 0.2) is 71.8 Å². The number of allylic oxidation sites excluding steroid dienone is 1. The fraction of sp³-hybridized carbons (Fsp3) is 0.200. The maximum Gasteiger partial charge on any atom is 0.346 e. The molecule has 2 rings (SSSR count). The number of carboxylic acids is 1. The van der Waals surface area contributed by atoms with E-state index < -0.39 is 5.97 Å². The molecule has 116 valence electrons. The number of aryl methyl sites for hydroxylation is 2. The Labute approximate surface area is 136 Å². The predicted molar refractivity (Wildman–Crippen MR) is 89.8 cm³/mol. The first kappa shape index (κ1) is 16.5. The minimum absolute atomic E-state index is 0.114. The topological polar surface area (TPSA) is 61.1 Å². The van der Waals surface area contributed by atoms with E-state index in [4.69, 9.17) is 0 Å². The Kier molecular flexibility index (Phi) is 6.14. The number of hydrogen-bond donors (Lipinski definition) is 1. The molecule has 0 bridgehead atoms. The van der Waals surface area contributed by atoms with E-state index in [2.05, 4.69) is 0 Å². The Balaban J connectivity index is 2.12. The monoisotopic (exact) mass is 305 g/mol. The van der Waals surface area contributed by atoms with Crippen LogP contribution in [-0.2, 0) is 17.6 Å². The van der Waals surface area contributed by atoms with Gasteiger partial charge in [0.2, 0.25) is 0 Å². The van der Waals surface area contributed by atoms with Gasteiger partial charge in [0.25, 0.3) is 0 Å². The lowest BCUT2D eigenvalue weighted by Gasteiger charge is -2.09. The minimum atomic E-state index is -1.14. The summed E-state index contributed by atoms with van der Waals surface area (Å²) in [6, 6.07) is 21.7. The molecule has 23 heavy (non-hydrogen) atoms. The molecular weight excluding hydrogens is 286 g/mol. The summed E-state index contributed by atoms with van der Waals surface area (Å²) < 4.78 is 0. The van der Waals surface area contributed by atoms with Crippen LogP contribution in [0.2, 0.25) is 0 Å². The third-order valence-electron chi connectivity index (χ3n) is 3.80. The van der Waals surface area contributed by atoms with Gasteiger partial charge in [0.05, 0.1) is 0 Å². The Morgan fingerprint density at radius 1 is 0.870 bits per heavy atom. The maximum absolute atomic E-state index is 11.3. The molecule has 3 nitrogen and oxygen atoms in total. The zero-order chi connectivity index (χ0) is 16.5. The van der Waals surface area contributed by atoms with Crippen LogP contribution < -0.4 is 0 Å². The lowest BCUT2D eigenvalue weighted by Crippen LogP contribution is -2.05. The Morgan fingerprint density at radius 2 is 1.30 bits per heavy atom. The molecule has 0 aliphatic carbocycles. The molecule has 0 atom stereocenters. The quantitative estimate of drug-likeness (QED) is 0.617. The molecule has 3 heteroatoms. The van der Waals surface area contributed by atoms with Gasteiger partial charge in [-0.1, -0.05) is 60.7 Å². The Bertz CT molecular complexity index is 667. The lowest BCUT2D eigenvalue weighted by molar-refractivity contribution is -0.132. The molecule has 0 fully saturated rings. The van der Waals surface area contributed by atoms with Crippen LogP contribution in [0.5, 0.6) is 0 Å². The van der Waals surface area contributed by atoms with Crippen molar-refractivity contribution < 1.29 is 9.90 Å². The molecule has 0 aliphatic heterocycles. The van der Waals surface area contributed by atoms with Gasteiger partial charge in [0, 0.05) is 0 Å². The Morgan fingerprint density at radius 3 is 1.65 bits per heavy atom. The van der Waals surface area contributed by atoms with Gasteiger partial charge in [0.1, 0.15) is 11.6 Å². The molecule has 0 radical (unpaired) electrons. The third kappa shape index (κ3) is 5.12. The van der Waals surface area contributed by atoms with Crippen LogP contribution in [0.1, 0.15) is 24.0 Å². The van der Waals surface area contributed by atoms with E-state index >= 15 is 0 Å². The van der Waals surface area contributed by atoms with Crippen molar-refractivity contribution in [1.29, 1.82) is 5.26 Å². The summed E-state index contributed by atoms with van der Waals surface area (Å²) in [6.07, 6.45) is 2.66. The van der Waals surface area contributed by atoms with Crippen molar-refractivity contribution in [2.24, 2.45) is 0 Å². The SMILES string of the molecule is N#CC(C(=O)O)=C(CCc1ccccc1)CCc1ccccc1. The smallest absolute Gasteiger partial charge is 0.346 e. The van der Waals surface area contributed by atoms with Crippen molar-refractivity contribution in [3.8, 4) is 6.07 Å². The standard InChI is InChI=1S/C20H19NO2/c21-15-19(20(22)23)18(13-11-16-7-3-1-4-8-16)14-12-17-9-5-2-6-10-17/h1-10H,11-14H2,(H,22,23). The van der Waals surface area contributed by atoms with Crippen LogP contribution in [0.3, 0.4) is 0 Å². The molecule has 0 aromatic heterocycles. The molecule has 0 spiro atoms. The van der Waals surface area contributed by atoms with Gasteiger partial charge in [-0.3, -0.25) is 0 Å². The lowest BCUT2D eigenvalue weighted by atomic mass is 9.95. The number of benzene rings is 2. The van der Waals surface area contributed by atoms with Crippen molar-refractivity contribution in [2.75, 3.05) is 0 Å². The van der Waals surface area contributed by atoms with Gasteiger partial charge in [0.15, 0.2) is 0 Å². The first-order valence-electron chi connectivity index (χ1n) is 7.64. The number of nitrogens with zero attached hydrogens (tertiary/aromatic N) is 1. The first-order chi connectivity index (χ1) is 11.2. The van der Waals surface area contributed by atoms with E-state index in [-0.39, 0.29) is 5.57 Å². The highest BCUT2D eigenvalue weighted by Gasteiger charge is 2.14. The van der Waals surface area contributed by atoms with Crippen LogP contribution in [0.25, 0.3) is 0 Å². The minimum Gasteiger partial charge on any atom is -0.477 e. The van der Waals surface area contributed by atoms with E-state index in [9.17, 15) is 15.2 Å². The largest absolute Gasteiger partial charge is 0.477 e. The molecule has 0 unspecified atom stereocenters. The van der Waals surface area contributed by atoms with Gasteiger partial charge in [-0.25, -0.2) is 4.79 Å². The summed E-state index contributed by atoms with van der Waals surface area (Å²) in [4.78, 5) is 11.3. The number of nitriles is 1. The van der Waals surface area contributed by atoms with E-state index in [0.717, 1.165) is 24.0 Å². The van der Waals surface area contributed by atoms with Crippen molar-refractivity contribution in [3.63, 3.8) is 0 Å². The zero-order valence-corrected chi connectivity index (χ0v) is 12.9. The Hall–Kier alpha value is -2.86. The summed E-state index contributed by atoms with van der Waals surface area (Å²) in [5, 5.41) is 18.4. The molecule has 1 N–H and O–H groups in total.